The number of azo groups is 2. The number of amides is 4. The van der Waals surface area contributed by atoms with E-state index in [0.717, 1.165) is 25.0 Å². The molecule has 0 aliphatic rings. The number of alkyl halides is 3. The summed E-state index contributed by atoms with van der Waals surface area (Å²) in [4.78, 5) is 79.3. The standard InChI is InChI=1S/C50H49Cl5N8O8/c1-8-70-43-20-30(25(3)51)10-13-41(43)58-47(66)32-16-34(54)22-37(18-32)60-62-45(28(6)64)49(68)56-36-12-15-40(39(24-36)27(5)53)57-50(69)46(29(7)65)63-61-38-19-33(17-35(55)23-38)48(67)59-42-14-11-31(26(4)52)21-44(42)71-9-2/h10-27,45-46H,8-9H2,1-7H3,(H,56,68)(H,57,69)(H,58,66)(H,59,67). The molecule has 5 aromatic carbocycles. The predicted molar refractivity (Wildman–Crippen MR) is 279 cm³/mol. The van der Waals surface area contributed by atoms with E-state index in [2.05, 4.69) is 41.7 Å². The highest BCUT2D eigenvalue weighted by atomic mass is 35.5. The van der Waals surface area contributed by atoms with Crippen molar-refractivity contribution in [1.82, 2.24) is 0 Å². The van der Waals surface area contributed by atoms with E-state index in [1.165, 1.54) is 54.6 Å². The zero-order chi connectivity index (χ0) is 52.1. The second-order valence-corrected chi connectivity index (χ2v) is 18.6. The number of ether oxygens (including phenoxy) is 2. The van der Waals surface area contributed by atoms with E-state index in [0.29, 0.717) is 41.7 Å². The lowest BCUT2D eigenvalue weighted by Crippen LogP contribution is -2.32. The van der Waals surface area contributed by atoms with Gasteiger partial charge in [-0.3, -0.25) is 28.8 Å². The summed E-state index contributed by atoms with van der Waals surface area (Å²) in [6, 6.07) is 19.8. The van der Waals surface area contributed by atoms with Crippen molar-refractivity contribution in [2.45, 2.75) is 76.7 Å². The summed E-state index contributed by atoms with van der Waals surface area (Å²) in [5, 5.41) is 26.0. The fraction of sp³-hybridized carbons (Fsp3) is 0.280. The number of nitrogens with one attached hydrogen (secondary N) is 4. The molecule has 5 rings (SSSR count). The number of carbonyl (C=O) groups is 6. The summed E-state index contributed by atoms with van der Waals surface area (Å²) in [6.45, 7) is 11.9. The molecule has 5 aromatic rings. The Balaban J connectivity index is 1.28. The number of hydrogen-bond donors (Lipinski definition) is 4. The van der Waals surface area contributed by atoms with E-state index >= 15 is 0 Å². The van der Waals surface area contributed by atoms with Gasteiger partial charge in [-0.1, -0.05) is 35.3 Å². The quantitative estimate of drug-likeness (QED) is 0.0314. The van der Waals surface area contributed by atoms with Crippen LogP contribution in [0.5, 0.6) is 11.5 Å². The van der Waals surface area contributed by atoms with Crippen LogP contribution in [0, 0.1) is 0 Å². The summed E-state index contributed by atoms with van der Waals surface area (Å²) < 4.78 is 11.4. The number of anilines is 4. The second kappa shape index (κ2) is 25.6. The zero-order valence-corrected chi connectivity index (χ0v) is 43.2. The van der Waals surface area contributed by atoms with Crippen LogP contribution in [0.25, 0.3) is 0 Å². The van der Waals surface area contributed by atoms with Gasteiger partial charge in [-0.2, -0.15) is 20.5 Å². The lowest BCUT2D eigenvalue weighted by Gasteiger charge is -2.17. The van der Waals surface area contributed by atoms with Crippen molar-refractivity contribution in [3.05, 3.63) is 129 Å². The number of halogens is 5. The van der Waals surface area contributed by atoms with Crippen molar-refractivity contribution < 1.29 is 38.2 Å². The zero-order valence-electron chi connectivity index (χ0n) is 39.4. The van der Waals surface area contributed by atoms with Gasteiger partial charge in [-0.05, 0) is 144 Å². The number of benzene rings is 5. The van der Waals surface area contributed by atoms with Crippen LogP contribution in [0.1, 0.15) is 102 Å². The molecule has 21 heteroatoms. The molecule has 4 N–H and O–H groups in total. The van der Waals surface area contributed by atoms with E-state index in [1.807, 2.05) is 27.7 Å². The van der Waals surface area contributed by atoms with Crippen molar-refractivity contribution in [3.63, 3.8) is 0 Å². The van der Waals surface area contributed by atoms with Crippen LogP contribution >= 0.6 is 58.0 Å². The maximum atomic E-state index is 13.6. The molecule has 0 aliphatic carbocycles. The molecular weight excluding hydrogens is 1020 g/mol. The third-order valence-corrected chi connectivity index (χ3v) is 11.3. The summed E-state index contributed by atoms with van der Waals surface area (Å²) in [5.74, 6) is -3.28. The van der Waals surface area contributed by atoms with Gasteiger partial charge in [-0.15, -0.1) is 34.8 Å². The van der Waals surface area contributed by atoms with Crippen LogP contribution < -0.4 is 30.7 Å². The number of rotatable bonds is 21. The highest BCUT2D eigenvalue weighted by molar-refractivity contribution is 6.32. The topological polar surface area (TPSA) is 218 Å². The van der Waals surface area contributed by atoms with Crippen LogP contribution in [-0.4, -0.2) is 60.5 Å². The van der Waals surface area contributed by atoms with Crippen LogP contribution in [0.3, 0.4) is 0 Å². The third kappa shape index (κ3) is 15.5. The molecule has 0 spiro atoms. The first-order valence-corrected chi connectivity index (χ1v) is 24.0. The summed E-state index contributed by atoms with van der Waals surface area (Å²) in [7, 11) is 0. The van der Waals surface area contributed by atoms with Crippen molar-refractivity contribution in [2.24, 2.45) is 20.5 Å². The maximum absolute atomic E-state index is 13.6. The van der Waals surface area contributed by atoms with Gasteiger partial charge in [0.05, 0.1) is 52.1 Å². The monoisotopic (exact) mass is 1060 g/mol. The third-order valence-electron chi connectivity index (χ3n) is 10.2. The van der Waals surface area contributed by atoms with Gasteiger partial charge in [-0.25, -0.2) is 0 Å². The van der Waals surface area contributed by atoms with Gasteiger partial charge in [0.2, 0.25) is 12.1 Å². The van der Waals surface area contributed by atoms with E-state index in [4.69, 9.17) is 67.5 Å². The van der Waals surface area contributed by atoms with Crippen LogP contribution in [0.15, 0.2) is 111 Å². The number of carbonyl (C=O) groups excluding carboxylic acids is 6. The van der Waals surface area contributed by atoms with Crippen LogP contribution in [-0.2, 0) is 19.2 Å². The Labute approximate surface area is 435 Å². The van der Waals surface area contributed by atoms with E-state index in [9.17, 15) is 28.8 Å². The minimum Gasteiger partial charge on any atom is -0.492 e. The van der Waals surface area contributed by atoms with Crippen molar-refractivity contribution in [1.29, 1.82) is 0 Å². The van der Waals surface area contributed by atoms with Gasteiger partial charge < -0.3 is 30.7 Å². The van der Waals surface area contributed by atoms with Gasteiger partial charge in [0, 0.05) is 32.5 Å². The predicted octanol–water partition coefficient (Wildman–Crippen LogP) is 13.6. The fourth-order valence-electron chi connectivity index (χ4n) is 6.62. The Kier molecular flexibility index (Phi) is 20.0. The lowest BCUT2D eigenvalue weighted by molar-refractivity contribution is -0.127. The summed E-state index contributed by atoms with van der Waals surface area (Å²) in [6.07, 6.45) is 0. The molecule has 0 heterocycles. The van der Waals surface area contributed by atoms with Gasteiger partial charge in [0.15, 0.2) is 11.6 Å². The molecule has 5 unspecified atom stereocenters. The molecular formula is C50H49Cl5N8O8. The van der Waals surface area contributed by atoms with Crippen molar-refractivity contribution in [3.8, 4) is 11.5 Å². The summed E-state index contributed by atoms with van der Waals surface area (Å²) >= 11 is 31.7. The highest BCUT2D eigenvalue weighted by Gasteiger charge is 2.27. The van der Waals surface area contributed by atoms with Crippen molar-refractivity contribution >= 4 is 127 Å². The number of ketones is 2. The van der Waals surface area contributed by atoms with Gasteiger partial charge in [0.25, 0.3) is 23.6 Å². The smallest absolute Gasteiger partial charge is 0.258 e. The molecule has 71 heavy (non-hydrogen) atoms. The molecule has 5 atom stereocenters. The molecule has 0 saturated heterocycles. The largest absolute Gasteiger partial charge is 0.492 e. The van der Waals surface area contributed by atoms with Gasteiger partial charge in [0.1, 0.15) is 11.5 Å². The lowest BCUT2D eigenvalue weighted by atomic mass is 10.1. The maximum Gasteiger partial charge on any atom is 0.258 e. The molecule has 4 amide bonds. The molecule has 0 aromatic heterocycles. The first-order valence-electron chi connectivity index (χ1n) is 22.0. The van der Waals surface area contributed by atoms with Crippen LogP contribution in [0.4, 0.5) is 34.1 Å². The Morgan fingerprint density at radius 2 is 0.944 bits per heavy atom. The normalized spacial score (nSPS) is 13.4. The number of Topliss-reactive ketones (excluding diaryl/α,β-unsaturated/α-hetero) is 2. The molecule has 16 nitrogen and oxygen atoms in total. The molecule has 0 radical (unpaired) electrons. The Morgan fingerprint density at radius 3 is 1.34 bits per heavy atom. The Bertz CT molecular complexity index is 2890. The SMILES string of the molecule is CCOc1cc(C(C)Cl)ccc1NC(=O)c1cc(Cl)cc(N=NC(C(C)=O)C(=O)Nc2ccc(NC(=O)C(N=Nc3cc(Cl)cc(C(=O)Nc4ccc(C(C)Cl)cc4OCC)c3)C(C)=O)c(C(C)Cl)c2)c1. The average Bonchev–Trinajstić information content (AvgIpc) is 3.30. The van der Waals surface area contributed by atoms with E-state index in [1.54, 1.807) is 43.3 Å². The Hall–Kier alpha value is -6.43. The first-order chi connectivity index (χ1) is 33.7. The molecule has 372 valence electrons. The van der Waals surface area contributed by atoms with E-state index in [-0.39, 0.29) is 54.7 Å². The fourth-order valence-corrected chi connectivity index (χ4v) is 7.54. The number of nitrogens with zero attached hydrogens (tertiary/aromatic N) is 4. The van der Waals surface area contributed by atoms with Gasteiger partial charge >= 0.3 is 0 Å². The molecule has 0 saturated carbocycles. The van der Waals surface area contributed by atoms with E-state index < -0.39 is 52.7 Å². The second-order valence-electron chi connectivity index (χ2n) is 15.8. The molecule has 0 bridgehead atoms. The minimum absolute atomic E-state index is 0.0775. The summed E-state index contributed by atoms with van der Waals surface area (Å²) in [5.41, 5.74) is 3.44. The number of hydrogen-bond acceptors (Lipinski definition) is 12. The molecule has 0 fully saturated rings. The first kappa shape index (κ1) is 55.5. The minimum atomic E-state index is -1.64. The molecule has 0 aliphatic heterocycles. The Morgan fingerprint density at radius 1 is 0.521 bits per heavy atom. The average molecular weight is 1070 g/mol. The van der Waals surface area contributed by atoms with Crippen molar-refractivity contribution in [2.75, 3.05) is 34.5 Å². The highest BCUT2D eigenvalue weighted by Crippen LogP contribution is 2.35. The van der Waals surface area contributed by atoms with Crippen LogP contribution in [0.2, 0.25) is 10.0 Å².